The summed E-state index contributed by atoms with van der Waals surface area (Å²) in [6.07, 6.45) is 0. The van der Waals surface area contributed by atoms with Crippen LogP contribution in [-0.2, 0) is 10.0 Å². The van der Waals surface area contributed by atoms with Gasteiger partial charge in [0.1, 0.15) is 0 Å². The van der Waals surface area contributed by atoms with E-state index < -0.39 is 15.5 Å². The molecule has 2 N–H and O–H groups in total. The number of sulfonamides is 1. The van der Waals surface area contributed by atoms with Crippen LogP contribution >= 0.6 is 9.90 Å². The van der Waals surface area contributed by atoms with Crippen molar-refractivity contribution in [2.24, 2.45) is 5.14 Å². The largest absolute Gasteiger partial charge is 0.511 e. The molecule has 0 aliphatic carbocycles. The van der Waals surface area contributed by atoms with Crippen molar-refractivity contribution >= 4 is 19.9 Å². The molecule has 0 amide bonds. The number of hydrogen-bond acceptors (Lipinski definition) is 2. The summed E-state index contributed by atoms with van der Waals surface area (Å²) >= 11 is 0. The molecule has 0 bridgehead atoms. The van der Waals surface area contributed by atoms with Crippen molar-refractivity contribution in [2.45, 2.75) is 5.51 Å². The fourth-order valence-corrected chi connectivity index (χ4v) is 0. The van der Waals surface area contributed by atoms with Crippen LogP contribution < -0.4 is 5.14 Å². The predicted octanol–water partition coefficient (Wildman–Crippen LogP) is -0.147. The zero-order valence-corrected chi connectivity index (χ0v) is 6.37. The number of nitrogens with two attached hydrogens (primary N) is 1. The van der Waals surface area contributed by atoms with Crippen molar-refractivity contribution in [1.82, 2.24) is 0 Å². The maximum absolute atomic E-state index is 10.8. The predicted molar refractivity (Wildman–Crippen MR) is 30.3 cm³/mol. The van der Waals surface area contributed by atoms with Crippen LogP contribution in [-0.4, -0.2) is 13.9 Å². The van der Waals surface area contributed by atoms with Gasteiger partial charge in [0.15, 0.2) is 0 Å². The van der Waals surface area contributed by atoms with Gasteiger partial charge in [0, 0.05) is 0 Å². The third kappa shape index (κ3) is 3.66. The van der Waals surface area contributed by atoms with Gasteiger partial charge in [-0.05, 0) is 0 Å². The van der Waals surface area contributed by atoms with Crippen LogP contribution in [0.3, 0.4) is 0 Å². The van der Waals surface area contributed by atoms with E-state index in [0.29, 0.717) is 0 Å². The van der Waals surface area contributed by atoms with E-state index in [1.807, 2.05) is 0 Å². The summed E-state index contributed by atoms with van der Waals surface area (Å²) < 4.78 is 51.2. The van der Waals surface area contributed by atoms with Gasteiger partial charge in [0.05, 0.1) is 0 Å². The van der Waals surface area contributed by atoms with Crippen LogP contribution in [0.25, 0.3) is 0 Å². The zero-order valence-electron chi connectivity index (χ0n) is 4.14. The minimum Gasteiger partial charge on any atom is -0.221 e. The van der Waals surface area contributed by atoms with E-state index in [1.165, 1.54) is 0 Å². The smallest absolute Gasteiger partial charge is 0.221 e. The number of halogens is 3. The molecule has 1 atom stereocenters. The van der Waals surface area contributed by atoms with E-state index in [0.717, 1.165) is 0 Å². The summed E-state index contributed by atoms with van der Waals surface area (Å²) in [5, 5.41) is 3.66. The Kier molecular flexibility index (Phi) is 3.70. The topological polar surface area (TPSA) is 60.2 Å². The lowest BCUT2D eigenvalue weighted by atomic mass is 11.6. The Labute approximate surface area is 53.1 Å². The van der Waals surface area contributed by atoms with E-state index in [-0.39, 0.29) is 9.90 Å². The lowest BCUT2D eigenvalue weighted by Crippen LogP contribution is -2.30. The van der Waals surface area contributed by atoms with Crippen LogP contribution in [0.1, 0.15) is 0 Å². The van der Waals surface area contributed by atoms with E-state index in [2.05, 4.69) is 5.14 Å². The quantitative estimate of drug-likeness (QED) is 0.531. The molecule has 0 rings (SSSR count). The summed E-state index contributed by atoms with van der Waals surface area (Å²) in [7, 11) is -5.34. The first-order chi connectivity index (χ1) is 3.25. The van der Waals surface area contributed by atoms with E-state index >= 15 is 0 Å². The SMILES string of the molecule is NS(=O)(=O)C(F)(F)F.P. The first-order valence-electron chi connectivity index (χ1n) is 1.34. The van der Waals surface area contributed by atoms with Crippen molar-refractivity contribution in [3.8, 4) is 0 Å². The molecule has 0 fully saturated rings. The van der Waals surface area contributed by atoms with Crippen LogP contribution in [0.5, 0.6) is 0 Å². The Morgan fingerprint density at radius 3 is 1.33 bits per heavy atom. The minimum atomic E-state index is -5.34. The third-order valence-corrected chi connectivity index (χ3v) is 0.968. The molecule has 0 saturated carbocycles. The lowest BCUT2D eigenvalue weighted by molar-refractivity contribution is -0.0436. The summed E-state index contributed by atoms with van der Waals surface area (Å²) in [5.41, 5.74) is -5.31. The first kappa shape index (κ1) is 11.9. The molecule has 0 spiro atoms. The Balaban J connectivity index is 0. The van der Waals surface area contributed by atoms with Gasteiger partial charge in [-0.1, -0.05) is 0 Å². The molecule has 58 valence electrons. The number of hydrogen-bond donors (Lipinski definition) is 1. The molecule has 0 aliphatic heterocycles. The highest BCUT2D eigenvalue weighted by molar-refractivity contribution is 7.90. The highest BCUT2D eigenvalue weighted by atomic mass is 32.2. The maximum Gasteiger partial charge on any atom is 0.511 e. The van der Waals surface area contributed by atoms with E-state index in [9.17, 15) is 21.6 Å². The lowest BCUT2D eigenvalue weighted by Gasteiger charge is -1.98. The summed E-state index contributed by atoms with van der Waals surface area (Å²) in [5.74, 6) is 0. The van der Waals surface area contributed by atoms with Crippen LogP contribution in [0, 0.1) is 0 Å². The summed E-state index contributed by atoms with van der Waals surface area (Å²) in [6.45, 7) is 0. The first-order valence-corrected chi connectivity index (χ1v) is 2.89. The average Bonchev–Trinajstić information content (AvgIpc) is 1.25. The monoisotopic (exact) mass is 183 g/mol. The number of rotatable bonds is 0. The Morgan fingerprint density at radius 1 is 1.22 bits per heavy atom. The normalized spacial score (nSPS) is 12.4. The van der Waals surface area contributed by atoms with Gasteiger partial charge in [-0.15, -0.1) is 0 Å². The van der Waals surface area contributed by atoms with Crippen molar-refractivity contribution in [1.29, 1.82) is 0 Å². The second-order valence-electron chi connectivity index (χ2n) is 0.991. The number of primary sulfonamides is 1. The van der Waals surface area contributed by atoms with Gasteiger partial charge in [0.25, 0.3) is 0 Å². The highest BCUT2D eigenvalue weighted by Gasteiger charge is 2.42. The molecule has 8 heteroatoms. The second-order valence-corrected chi connectivity index (χ2v) is 2.54. The minimum absolute atomic E-state index is 0. The van der Waals surface area contributed by atoms with Crippen molar-refractivity contribution in [3.63, 3.8) is 0 Å². The molecule has 0 radical (unpaired) electrons. The van der Waals surface area contributed by atoms with Gasteiger partial charge in [-0.3, -0.25) is 0 Å². The standard InChI is InChI=1S/CH2F3NO2S.H3P/c2-1(3,4)8(5,6)7;/h(H2,5,6,7);1H3. The number of alkyl halides is 3. The van der Waals surface area contributed by atoms with Crippen molar-refractivity contribution < 1.29 is 21.6 Å². The Bertz CT molecular complexity index is 171. The molecule has 0 aromatic rings. The van der Waals surface area contributed by atoms with Crippen LogP contribution in [0.4, 0.5) is 13.2 Å². The molecule has 0 aromatic heterocycles. The van der Waals surface area contributed by atoms with Crippen molar-refractivity contribution in [3.05, 3.63) is 0 Å². The molecule has 9 heavy (non-hydrogen) atoms. The van der Waals surface area contributed by atoms with Crippen LogP contribution in [0.2, 0.25) is 0 Å². The highest BCUT2D eigenvalue weighted by Crippen LogP contribution is 2.18. The zero-order chi connectivity index (χ0) is 7.00. The molecule has 0 aromatic carbocycles. The molecule has 3 nitrogen and oxygen atoms in total. The fraction of sp³-hybridized carbons (Fsp3) is 1.00. The second kappa shape index (κ2) is 2.81. The Morgan fingerprint density at radius 2 is 1.33 bits per heavy atom. The van der Waals surface area contributed by atoms with E-state index in [4.69, 9.17) is 0 Å². The molecular formula is CH5F3NO2PS. The molecule has 0 heterocycles. The fourth-order valence-electron chi connectivity index (χ4n) is 0. The van der Waals surface area contributed by atoms with Gasteiger partial charge in [0.2, 0.25) is 0 Å². The molecular weight excluding hydrogens is 178 g/mol. The summed E-state index contributed by atoms with van der Waals surface area (Å²) in [4.78, 5) is 0. The van der Waals surface area contributed by atoms with Crippen LogP contribution in [0.15, 0.2) is 0 Å². The molecule has 1 unspecified atom stereocenters. The van der Waals surface area contributed by atoms with Gasteiger partial charge in [-0.2, -0.15) is 23.1 Å². The average molecular weight is 183 g/mol. The third-order valence-electron chi connectivity index (χ3n) is 0.323. The Hall–Kier alpha value is 0.130. The van der Waals surface area contributed by atoms with Gasteiger partial charge in [-0.25, -0.2) is 13.6 Å². The molecule has 0 aliphatic rings. The maximum atomic E-state index is 10.8. The summed E-state index contributed by atoms with van der Waals surface area (Å²) in [6, 6.07) is 0. The van der Waals surface area contributed by atoms with E-state index in [1.54, 1.807) is 0 Å². The van der Waals surface area contributed by atoms with Gasteiger partial charge < -0.3 is 0 Å². The van der Waals surface area contributed by atoms with Gasteiger partial charge >= 0.3 is 15.5 Å². The van der Waals surface area contributed by atoms with Crippen molar-refractivity contribution in [2.75, 3.05) is 0 Å². The molecule has 0 saturated heterocycles.